The van der Waals surface area contributed by atoms with Gasteiger partial charge in [-0.25, -0.2) is 0 Å². The van der Waals surface area contributed by atoms with Crippen LogP contribution in [0.1, 0.15) is 12.8 Å². The smallest absolute Gasteiger partial charge is 0.138 e. The summed E-state index contributed by atoms with van der Waals surface area (Å²) < 4.78 is 1.05. The molecule has 1 aliphatic rings. The number of hydrogen-bond acceptors (Lipinski definition) is 0. The molecule has 0 amide bonds. The summed E-state index contributed by atoms with van der Waals surface area (Å²) in [7, 11) is -0.681. The minimum Gasteiger partial charge on any atom is -0.138 e. The molecule has 0 aromatic rings. The van der Waals surface area contributed by atoms with Gasteiger partial charge in [0, 0.05) is 4.63 Å². The second kappa shape index (κ2) is 2.29. The van der Waals surface area contributed by atoms with Crippen molar-refractivity contribution < 1.29 is 0 Å². The molecule has 1 aliphatic heterocycles. The third kappa shape index (κ3) is 1.28. The van der Waals surface area contributed by atoms with E-state index in [0.29, 0.717) is 0 Å². The number of halogens is 2. The minimum absolute atomic E-state index is 0.681. The van der Waals surface area contributed by atoms with Crippen molar-refractivity contribution >= 4 is 35.0 Å². The molecule has 0 saturated heterocycles. The lowest BCUT2D eigenvalue weighted by molar-refractivity contribution is 1.03. The van der Waals surface area contributed by atoms with Gasteiger partial charge in [-0.3, -0.25) is 0 Å². The molecule has 0 N–H and O–H groups in total. The molecule has 0 aromatic heterocycles. The van der Waals surface area contributed by atoms with E-state index < -0.39 is 7.72 Å². The number of rotatable bonds is 0. The molecule has 0 bridgehead atoms. The van der Waals surface area contributed by atoms with Gasteiger partial charge in [-0.15, -0.1) is 11.1 Å². The highest BCUT2D eigenvalue weighted by atomic mass is 35.6. The Hall–Kier alpha value is 0.667. The van der Waals surface area contributed by atoms with Crippen LogP contribution in [0.25, 0.3) is 0 Å². The normalized spacial score (nSPS) is 21.4. The van der Waals surface area contributed by atoms with Crippen molar-refractivity contribution in [2.45, 2.75) is 18.9 Å². The highest BCUT2D eigenvalue weighted by molar-refractivity contribution is 7.18. The van der Waals surface area contributed by atoms with Gasteiger partial charge in [0.05, 0.1) is 0 Å². The van der Waals surface area contributed by atoms with Crippen LogP contribution in [0.3, 0.4) is 0 Å². The van der Waals surface area contributed by atoms with Crippen LogP contribution in [-0.4, -0.2) is 12.3 Å². The zero-order valence-corrected chi connectivity index (χ0v) is 6.39. The fourth-order valence-corrected chi connectivity index (χ4v) is 2.98. The predicted molar refractivity (Wildman–Crippen MR) is 36.5 cm³/mol. The van der Waals surface area contributed by atoms with Crippen LogP contribution in [0.5, 0.6) is 0 Å². The molecule has 0 aromatic carbocycles. The molecule has 1 rings (SSSR count). The monoisotopic (exact) mass is 152 g/mol. The first kappa shape index (κ1) is 5.80. The van der Waals surface area contributed by atoms with E-state index in [9.17, 15) is 0 Å². The van der Waals surface area contributed by atoms with Crippen LogP contribution in [0, 0.1) is 0 Å². The van der Waals surface area contributed by atoms with Crippen LogP contribution in [0.4, 0.5) is 0 Å². The molecule has 0 aliphatic carbocycles. The van der Waals surface area contributed by atoms with Gasteiger partial charge in [-0.05, 0) is 18.9 Å². The molecule has 7 heavy (non-hydrogen) atoms. The van der Waals surface area contributed by atoms with Crippen LogP contribution in [0.2, 0.25) is 6.04 Å². The Morgan fingerprint density at radius 1 is 1.57 bits per heavy atom. The van der Waals surface area contributed by atoms with E-state index in [1.807, 2.05) is 0 Å². The van der Waals surface area contributed by atoms with Gasteiger partial charge in [0.1, 0.15) is 7.72 Å². The van der Waals surface area contributed by atoms with E-state index in [-0.39, 0.29) is 0 Å². The van der Waals surface area contributed by atoms with Crippen LogP contribution >= 0.6 is 22.7 Å². The molecule has 0 radical (unpaired) electrons. The number of hydrogen-bond donors (Lipinski definition) is 0. The van der Waals surface area contributed by atoms with Gasteiger partial charge < -0.3 is 0 Å². The van der Waals surface area contributed by atoms with Crippen molar-refractivity contribution in [1.29, 1.82) is 0 Å². The first-order chi connectivity index (χ1) is 3.30. The molecular formula is C4H6Cl2Si. The topological polar surface area (TPSA) is 0 Å². The molecule has 0 nitrogen and oxygen atoms in total. The lowest BCUT2D eigenvalue weighted by Gasteiger charge is -1.80. The van der Waals surface area contributed by atoms with Crippen molar-refractivity contribution in [3.8, 4) is 0 Å². The third-order valence-corrected chi connectivity index (χ3v) is 5.13. The maximum atomic E-state index is 5.80. The quantitative estimate of drug-likeness (QED) is 0.368. The molecule has 40 valence electrons. The molecule has 0 fully saturated rings. The van der Waals surface area contributed by atoms with E-state index in [4.69, 9.17) is 22.7 Å². The molecule has 0 saturated carbocycles. The summed E-state index contributed by atoms with van der Waals surface area (Å²) in [6, 6.07) is 1.17. The first-order valence-corrected chi connectivity index (χ1v) is 5.43. The lowest BCUT2D eigenvalue weighted by Crippen LogP contribution is -1.90. The van der Waals surface area contributed by atoms with E-state index in [2.05, 4.69) is 0 Å². The zero-order valence-electron chi connectivity index (χ0n) is 3.88. The maximum Gasteiger partial charge on any atom is 0.140 e. The highest BCUT2D eigenvalue weighted by Crippen LogP contribution is 2.13. The lowest BCUT2D eigenvalue weighted by atomic mass is 10.4. The summed E-state index contributed by atoms with van der Waals surface area (Å²) in [6.07, 6.45) is 2.29. The molecule has 1 heterocycles. The second-order valence-electron chi connectivity index (χ2n) is 1.66. The molecule has 0 spiro atoms. The Labute approximate surface area is 54.4 Å². The average molecular weight is 153 g/mol. The second-order valence-corrected chi connectivity index (χ2v) is 5.72. The fraction of sp³-hybridized carbons (Fsp3) is 0.750. The van der Waals surface area contributed by atoms with Crippen molar-refractivity contribution in [3.63, 3.8) is 0 Å². The zero-order chi connectivity index (χ0) is 5.28. The standard InChI is InChI=1S/C4H6Cl2Si/c5-4-2-1-3-7(4)6/h1-3H2. The minimum atomic E-state index is -0.681. The van der Waals surface area contributed by atoms with Crippen molar-refractivity contribution in [1.82, 2.24) is 0 Å². The van der Waals surface area contributed by atoms with Gasteiger partial charge in [0.15, 0.2) is 0 Å². The largest absolute Gasteiger partial charge is 0.140 e. The van der Waals surface area contributed by atoms with Crippen molar-refractivity contribution in [2.24, 2.45) is 0 Å². The molecular weight excluding hydrogens is 147 g/mol. The van der Waals surface area contributed by atoms with Crippen molar-refractivity contribution in [3.05, 3.63) is 0 Å². The summed E-state index contributed by atoms with van der Waals surface area (Å²) in [5, 5.41) is 0. The average Bonchev–Trinajstić information content (AvgIpc) is 1.91. The summed E-state index contributed by atoms with van der Waals surface area (Å²) in [6.45, 7) is 0. The maximum absolute atomic E-state index is 5.80. The summed E-state index contributed by atoms with van der Waals surface area (Å²) >= 11 is 11.5. The van der Waals surface area contributed by atoms with Crippen LogP contribution in [0.15, 0.2) is 0 Å². The van der Waals surface area contributed by atoms with Gasteiger partial charge >= 0.3 is 0 Å². The van der Waals surface area contributed by atoms with E-state index in [0.717, 1.165) is 11.0 Å². The van der Waals surface area contributed by atoms with Gasteiger partial charge in [0.25, 0.3) is 0 Å². The first-order valence-electron chi connectivity index (χ1n) is 2.34. The van der Waals surface area contributed by atoms with Crippen molar-refractivity contribution in [2.75, 3.05) is 0 Å². The SMILES string of the molecule is ClC1=[Si](Cl)CCC1. The Balaban J connectivity index is 2.64. The predicted octanol–water partition coefficient (Wildman–Crippen LogP) is 1.96. The molecule has 0 atom stereocenters. The van der Waals surface area contributed by atoms with E-state index in [1.54, 1.807) is 0 Å². The Kier molecular flexibility index (Phi) is 1.90. The molecule has 0 unspecified atom stereocenters. The van der Waals surface area contributed by atoms with Gasteiger partial charge in [0.2, 0.25) is 0 Å². The Morgan fingerprint density at radius 3 is 2.43 bits per heavy atom. The summed E-state index contributed by atoms with van der Waals surface area (Å²) in [5.41, 5.74) is 0. The van der Waals surface area contributed by atoms with Crippen LogP contribution in [-0.2, 0) is 0 Å². The molecule has 3 heteroatoms. The highest BCUT2D eigenvalue weighted by Gasteiger charge is 2.09. The van der Waals surface area contributed by atoms with E-state index >= 15 is 0 Å². The van der Waals surface area contributed by atoms with E-state index in [1.165, 1.54) is 12.5 Å². The van der Waals surface area contributed by atoms with Gasteiger partial charge in [-0.1, -0.05) is 11.6 Å². The Bertz CT molecular complexity index is 96.3. The van der Waals surface area contributed by atoms with Gasteiger partial charge in [-0.2, -0.15) is 0 Å². The summed E-state index contributed by atoms with van der Waals surface area (Å²) in [5.74, 6) is 0. The third-order valence-electron chi connectivity index (χ3n) is 1.09. The fourth-order valence-electron chi connectivity index (χ4n) is 0.670. The van der Waals surface area contributed by atoms with Crippen LogP contribution < -0.4 is 0 Å². The summed E-state index contributed by atoms with van der Waals surface area (Å²) in [4.78, 5) is 0. The Morgan fingerprint density at radius 2 is 2.29 bits per heavy atom.